The van der Waals surface area contributed by atoms with Crippen molar-refractivity contribution in [3.05, 3.63) is 71.3 Å². The largest absolute Gasteiger partial charge is 0.452 e. The van der Waals surface area contributed by atoms with E-state index in [4.69, 9.17) is 4.74 Å². The number of carbonyl (C=O) groups is 2. The van der Waals surface area contributed by atoms with Gasteiger partial charge in [-0.2, -0.15) is 0 Å². The Morgan fingerprint density at radius 3 is 2.52 bits per heavy atom. The van der Waals surface area contributed by atoms with Gasteiger partial charge in [0.05, 0.1) is 0 Å². The molecule has 118 valence electrons. The minimum atomic E-state index is -0.551. The van der Waals surface area contributed by atoms with Gasteiger partial charge in [-0.1, -0.05) is 48.0 Å². The highest BCUT2D eigenvalue weighted by molar-refractivity contribution is 5.95. The first-order valence-corrected chi connectivity index (χ1v) is 7.31. The van der Waals surface area contributed by atoms with Crippen LogP contribution in [0.1, 0.15) is 16.7 Å². The van der Waals surface area contributed by atoms with Crippen molar-refractivity contribution in [3.63, 3.8) is 0 Å². The second-order valence-electron chi connectivity index (χ2n) is 5.22. The molecule has 0 fully saturated rings. The average molecular weight is 309 g/mol. The van der Waals surface area contributed by atoms with E-state index in [1.165, 1.54) is 6.08 Å². The number of amides is 1. The van der Waals surface area contributed by atoms with Crippen LogP contribution in [0.4, 0.5) is 5.69 Å². The second kappa shape index (κ2) is 7.94. The second-order valence-corrected chi connectivity index (χ2v) is 5.22. The Bertz CT molecular complexity index is 721. The van der Waals surface area contributed by atoms with Crippen molar-refractivity contribution >= 4 is 23.6 Å². The van der Waals surface area contributed by atoms with E-state index in [0.29, 0.717) is 0 Å². The summed E-state index contributed by atoms with van der Waals surface area (Å²) >= 11 is 0. The minimum Gasteiger partial charge on any atom is -0.452 e. The molecule has 2 rings (SSSR count). The molecule has 0 aliphatic carbocycles. The Hall–Kier alpha value is -2.88. The molecule has 0 saturated heterocycles. The smallest absolute Gasteiger partial charge is 0.331 e. The first kappa shape index (κ1) is 16.5. The number of hydrogen-bond acceptors (Lipinski definition) is 3. The van der Waals surface area contributed by atoms with Crippen LogP contribution in [0.3, 0.4) is 0 Å². The molecule has 0 bridgehead atoms. The molecule has 1 N–H and O–H groups in total. The number of benzene rings is 2. The summed E-state index contributed by atoms with van der Waals surface area (Å²) in [5.74, 6) is -0.914. The molecule has 2 aromatic carbocycles. The van der Waals surface area contributed by atoms with Gasteiger partial charge in [0.15, 0.2) is 6.61 Å². The molecule has 4 nitrogen and oxygen atoms in total. The maximum Gasteiger partial charge on any atom is 0.331 e. The van der Waals surface area contributed by atoms with Crippen LogP contribution >= 0.6 is 0 Å². The summed E-state index contributed by atoms with van der Waals surface area (Å²) in [4.78, 5) is 23.4. The minimum absolute atomic E-state index is 0.314. The Balaban J connectivity index is 1.82. The summed E-state index contributed by atoms with van der Waals surface area (Å²) in [6.45, 7) is 3.59. The van der Waals surface area contributed by atoms with E-state index in [2.05, 4.69) is 5.32 Å². The third-order valence-electron chi connectivity index (χ3n) is 3.21. The number of carbonyl (C=O) groups excluding carboxylic acids is 2. The van der Waals surface area contributed by atoms with Crippen molar-refractivity contribution in [2.24, 2.45) is 0 Å². The molecule has 0 spiro atoms. The molecule has 0 unspecified atom stereocenters. The summed E-state index contributed by atoms with van der Waals surface area (Å²) in [7, 11) is 0. The summed E-state index contributed by atoms with van der Waals surface area (Å²) in [5, 5.41) is 2.73. The molecule has 0 aliphatic rings. The van der Waals surface area contributed by atoms with Gasteiger partial charge in [-0.05, 0) is 37.1 Å². The molecule has 0 heterocycles. The fourth-order valence-electron chi connectivity index (χ4n) is 2.05. The van der Waals surface area contributed by atoms with Gasteiger partial charge < -0.3 is 10.1 Å². The van der Waals surface area contributed by atoms with E-state index in [1.54, 1.807) is 6.08 Å². The summed E-state index contributed by atoms with van der Waals surface area (Å²) in [6, 6.07) is 15.1. The van der Waals surface area contributed by atoms with Crippen LogP contribution in [0, 0.1) is 13.8 Å². The van der Waals surface area contributed by atoms with Gasteiger partial charge in [-0.15, -0.1) is 0 Å². The Morgan fingerprint density at radius 2 is 1.83 bits per heavy atom. The van der Waals surface area contributed by atoms with Crippen molar-refractivity contribution in [2.75, 3.05) is 11.9 Å². The highest BCUT2D eigenvalue weighted by Gasteiger charge is 2.07. The highest BCUT2D eigenvalue weighted by atomic mass is 16.5. The number of rotatable bonds is 5. The van der Waals surface area contributed by atoms with Crippen LogP contribution in [0.15, 0.2) is 54.6 Å². The summed E-state index contributed by atoms with van der Waals surface area (Å²) < 4.78 is 4.92. The zero-order chi connectivity index (χ0) is 16.7. The molecular formula is C19H19NO3. The highest BCUT2D eigenvalue weighted by Crippen LogP contribution is 2.15. The van der Waals surface area contributed by atoms with Crippen molar-refractivity contribution < 1.29 is 14.3 Å². The number of nitrogens with one attached hydrogen (secondary N) is 1. The lowest BCUT2D eigenvalue weighted by molar-refractivity contribution is -0.142. The molecule has 4 heteroatoms. The molecule has 2 aromatic rings. The molecule has 0 saturated carbocycles. The van der Waals surface area contributed by atoms with Crippen molar-refractivity contribution in [3.8, 4) is 0 Å². The van der Waals surface area contributed by atoms with E-state index in [-0.39, 0.29) is 12.5 Å². The lowest BCUT2D eigenvalue weighted by Gasteiger charge is -2.09. The number of anilines is 1. The van der Waals surface area contributed by atoms with E-state index >= 15 is 0 Å². The Labute approximate surface area is 135 Å². The fourth-order valence-corrected chi connectivity index (χ4v) is 2.05. The van der Waals surface area contributed by atoms with Gasteiger partial charge in [0.25, 0.3) is 5.91 Å². The molecular weight excluding hydrogens is 290 g/mol. The van der Waals surface area contributed by atoms with Crippen LogP contribution in [0.2, 0.25) is 0 Å². The van der Waals surface area contributed by atoms with E-state index in [0.717, 1.165) is 22.4 Å². The molecule has 1 amide bonds. The third kappa shape index (κ3) is 5.43. The lowest BCUT2D eigenvalue weighted by atomic mass is 10.1. The lowest BCUT2D eigenvalue weighted by Crippen LogP contribution is -2.20. The van der Waals surface area contributed by atoms with Gasteiger partial charge in [0.1, 0.15) is 0 Å². The van der Waals surface area contributed by atoms with E-state index in [1.807, 2.05) is 62.4 Å². The molecule has 0 aromatic heterocycles. The predicted octanol–water partition coefficient (Wildman–Crippen LogP) is 3.50. The van der Waals surface area contributed by atoms with Gasteiger partial charge in [0, 0.05) is 11.8 Å². The van der Waals surface area contributed by atoms with Crippen LogP contribution in [0.5, 0.6) is 0 Å². The monoisotopic (exact) mass is 309 g/mol. The number of esters is 1. The van der Waals surface area contributed by atoms with Gasteiger partial charge in [0.2, 0.25) is 0 Å². The number of hydrogen-bond donors (Lipinski definition) is 1. The van der Waals surface area contributed by atoms with Crippen LogP contribution in [-0.2, 0) is 14.3 Å². The molecule has 0 aliphatic heterocycles. The quantitative estimate of drug-likeness (QED) is 0.679. The predicted molar refractivity (Wildman–Crippen MR) is 91.0 cm³/mol. The first-order chi connectivity index (χ1) is 11.0. The third-order valence-corrected chi connectivity index (χ3v) is 3.21. The summed E-state index contributed by atoms with van der Waals surface area (Å²) in [6.07, 6.45) is 2.95. The van der Waals surface area contributed by atoms with Gasteiger partial charge in [-0.3, -0.25) is 4.79 Å². The SMILES string of the molecule is Cc1ccc(NC(=O)COC(=O)/C=C/c2ccccc2)c(C)c1. The topological polar surface area (TPSA) is 55.4 Å². The maximum atomic E-state index is 11.8. The Kier molecular flexibility index (Phi) is 5.69. The van der Waals surface area contributed by atoms with Crippen molar-refractivity contribution in [1.82, 2.24) is 0 Å². The maximum absolute atomic E-state index is 11.8. The van der Waals surface area contributed by atoms with Crippen molar-refractivity contribution in [1.29, 1.82) is 0 Å². The molecule has 23 heavy (non-hydrogen) atoms. The van der Waals surface area contributed by atoms with Gasteiger partial charge >= 0.3 is 5.97 Å². The van der Waals surface area contributed by atoms with E-state index < -0.39 is 5.97 Å². The summed E-state index contributed by atoms with van der Waals surface area (Å²) in [5.41, 5.74) is 3.70. The number of ether oxygens (including phenoxy) is 1. The van der Waals surface area contributed by atoms with Crippen LogP contribution in [0.25, 0.3) is 6.08 Å². The number of aryl methyl sites for hydroxylation is 2. The van der Waals surface area contributed by atoms with Crippen LogP contribution < -0.4 is 5.32 Å². The van der Waals surface area contributed by atoms with E-state index in [9.17, 15) is 9.59 Å². The zero-order valence-corrected chi connectivity index (χ0v) is 13.2. The molecule has 0 atom stereocenters. The van der Waals surface area contributed by atoms with Gasteiger partial charge in [-0.25, -0.2) is 4.79 Å². The first-order valence-electron chi connectivity index (χ1n) is 7.31. The van der Waals surface area contributed by atoms with Crippen LogP contribution in [-0.4, -0.2) is 18.5 Å². The molecule has 0 radical (unpaired) electrons. The Morgan fingerprint density at radius 1 is 1.09 bits per heavy atom. The standard InChI is InChI=1S/C19H19NO3/c1-14-8-10-17(15(2)12-14)20-18(21)13-23-19(22)11-9-16-6-4-3-5-7-16/h3-12H,13H2,1-2H3,(H,20,21)/b11-9+. The van der Waals surface area contributed by atoms with Crippen molar-refractivity contribution in [2.45, 2.75) is 13.8 Å². The average Bonchev–Trinajstić information content (AvgIpc) is 2.54. The zero-order valence-electron chi connectivity index (χ0n) is 13.2. The normalized spacial score (nSPS) is 10.5. The fraction of sp³-hybridized carbons (Fsp3) is 0.158.